The standard InChI is InChI=1S/2CH4O3S.Cr/c2*1-5(2,3)4;/h2*1H3,(H,2,3,4);/q;;+2/p-2. The molecule has 0 fully saturated rings. The van der Waals surface area contributed by atoms with E-state index in [0.29, 0.717) is 12.5 Å². The minimum absolute atomic E-state index is 0. The molecule has 0 aromatic carbocycles. The average molecular weight is 242 g/mol. The van der Waals surface area contributed by atoms with Gasteiger partial charge in [0.2, 0.25) is 0 Å². The Morgan fingerprint density at radius 3 is 0.818 bits per heavy atom. The zero-order valence-electron chi connectivity index (χ0n) is 5.67. The summed E-state index contributed by atoms with van der Waals surface area (Å²) < 4.78 is 54.5. The Bertz CT molecular complexity index is 215. The van der Waals surface area contributed by atoms with Crippen molar-refractivity contribution < 1.29 is 43.3 Å². The summed E-state index contributed by atoms with van der Waals surface area (Å²) in [6, 6.07) is 0. The van der Waals surface area contributed by atoms with Gasteiger partial charge >= 0.3 is 17.4 Å². The molecule has 0 saturated heterocycles. The molecule has 0 saturated carbocycles. The molecule has 9 heteroatoms. The van der Waals surface area contributed by atoms with Gasteiger partial charge in [-0.05, 0) is 0 Å². The third-order valence-electron chi connectivity index (χ3n) is 0. The topological polar surface area (TPSA) is 114 Å². The van der Waals surface area contributed by atoms with E-state index >= 15 is 0 Å². The van der Waals surface area contributed by atoms with Crippen molar-refractivity contribution in [1.29, 1.82) is 0 Å². The number of hydrogen-bond acceptors (Lipinski definition) is 6. The van der Waals surface area contributed by atoms with Crippen LogP contribution in [-0.4, -0.2) is 38.5 Å². The maximum absolute atomic E-state index is 9.08. The van der Waals surface area contributed by atoms with Gasteiger partial charge in [-0.15, -0.1) is 0 Å². The van der Waals surface area contributed by atoms with Gasteiger partial charge in [0.1, 0.15) is 0 Å². The van der Waals surface area contributed by atoms with Crippen molar-refractivity contribution in [3.63, 3.8) is 0 Å². The minimum Gasteiger partial charge on any atom is -0.748 e. The monoisotopic (exact) mass is 242 g/mol. The molecule has 0 aromatic rings. The van der Waals surface area contributed by atoms with Crippen LogP contribution in [0.2, 0.25) is 0 Å². The van der Waals surface area contributed by atoms with E-state index in [-0.39, 0.29) is 17.4 Å². The Balaban J connectivity index is -0.000000107. The molecular weight excluding hydrogens is 236 g/mol. The number of rotatable bonds is 0. The molecule has 0 amide bonds. The fourth-order valence-corrected chi connectivity index (χ4v) is 0. The summed E-state index contributed by atoms with van der Waals surface area (Å²) in [6.07, 6.45) is 1.21. The average Bonchev–Trinajstić information content (AvgIpc) is 1.12. The summed E-state index contributed by atoms with van der Waals surface area (Å²) in [5, 5.41) is 0. The SMILES string of the molecule is CS(=O)(=O)[O-].CS(=O)(=O)[O-].[Cr+2]. The fraction of sp³-hybridized carbons (Fsp3) is 1.00. The van der Waals surface area contributed by atoms with E-state index in [1.54, 1.807) is 0 Å². The van der Waals surface area contributed by atoms with Gasteiger partial charge in [-0.3, -0.25) is 0 Å². The van der Waals surface area contributed by atoms with E-state index in [4.69, 9.17) is 25.9 Å². The summed E-state index contributed by atoms with van der Waals surface area (Å²) >= 11 is 0. The smallest absolute Gasteiger partial charge is 0.748 e. The molecule has 0 aliphatic heterocycles. The maximum Gasteiger partial charge on any atom is 2.00 e. The van der Waals surface area contributed by atoms with E-state index in [0.717, 1.165) is 0 Å². The Morgan fingerprint density at radius 2 is 0.818 bits per heavy atom. The molecule has 11 heavy (non-hydrogen) atoms. The summed E-state index contributed by atoms with van der Waals surface area (Å²) in [6.45, 7) is 0. The van der Waals surface area contributed by atoms with Crippen molar-refractivity contribution in [2.24, 2.45) is 0 Å². The van der Waals surface area contributed by atoms with E-state index in [1.807, 2.05) is 0 Å². The van der Waals surface area contributed by atoms with Gasteiger partial charge in [0.15, 0.2) is 0 Å². The molecule has 0 bridgehead atoms. The molecule has 6 nitrogen and oxygen atoms in total. The van der Waals surface area contributed by atoms with Crippen LogP contribution in [0.3, 0.4) is 0 Å². The first-order chi connectivity index (χ1) is 4.00. The molecular formula is C2H6CrO6S2. The molecule has 0 heterocycles. The van der Waals surface area contributed by atoms with Crippen LogP contribution in [0.25, 0.3) is 0 Å². The van der Waals surface area contributed by atoms with Crippen LogP contribution in [0.15, 0.2) is 0 Å². The van der Waals surface area contributed by atoms with Crippen LogP contribution in [0.5, 0.6) is 0 Å². The molecule has 0 atom stereocenters. The second kappa shape index (κ2) is 5.93. The van der Waals surface area contributed by atoms with Crippen LogP contribution in [0.4, 0.5) is 0 Å². The fourth-order valence-electron chi connectivity index (χ4n) is 0. The summed E-state index contributed by atoms with van der Waals surface area (Å²) in [5.74, 6) is 0. The zero-order valence-corrected chi connectivity index (χ0v) is 8.58. The van der Waals surface area contributed by atoms with E-state index < -0.39 is 20.2 Å². The third-order valence-corrected chi connectivity index (χ3v) is 0. The molecule has 0 aromatic heterocycles. The van der Waals surface area contributed by atoms with Gasteiger partial charge in [-0.1, -0.05) is 0 Å². The van der Waals surface area contributed by atoms with Crippen LogP contribution >= 0.6 is 0 Å². The normalized spacial score (nSPS) is 10.5. The largest absolute Gasteiger partial charge is 2.00 e. The predicted octanol–water partition coefficient (Wildman–Crippen LogP) is -1.68. The van der Waals surface area contributed by atoms with Gasteiger partial charge in [0.25, 0.3) is 0 Å². The van der Waals surface area contributed by atoms with Crippen LogP contribution in [0.1, 0.15) is 0 Å². The van der Waals surface area contributed by atoms with Crippen molar-refractivity contribution in [2.45, 2.75) is 0 Å². The molecule has 0 aliphatic carbocycles. The number of hydrogen-bond donors (Lipinski definition) is 0. The molecule has 0 N–H and O–H groups in total. The minimum atomic E-state index is -3.92. The maximum atomic E-state index is 9.08. The van der Waals surface area contributed by atoms with Gasteiger partial charge in [-0.2, -0.15) is 0 Å². The zero-order chi connectivity index (χ0) is 9.00. The second-order valence-electron chi connectivity index (χ2n) is 1.41. The van der Waals surface area contributed by atoms with Gasteiger partial charge in [-0.25, -0.2) is 16.8 Å². The van der Waals surface area contributed by atoms with Gasteiger partial charge in [0, 0.05) is 12.5 Å². The van der Waals surface area contributed by atoms with Crippen molar-refractivity contribution >= 4 is 20.2 Å². The van der Waals surface area contributed by atoms with E-state index in [9.17, 15) is 0 Å². The van der Waals surface area contributed by atoms with Crippen molar-refractivity contribution in [1.82, 2.24) is 0 Å². The first kappa shape index (κ1) is 17.4. The summed E-state index contributed by atoms with van der Waals surface area (Å²) in [4.78, 5) is 0. The van der Waals surface area contributed by atoms with Gasteiger partial charge < -0.3 is 9.11 Å². The summed E-state index contributed by atoms with van der Waals surface area (Å²) in [7, 11) is -7.83. The third kappa shape index (κ3) is 5810. The first-order valence-corrected chi connectivity index (χ1v) is 5.45. The Labute approximate surface area is 76.2 Å². The quantitative estimate of drug-likeness (QED) is 0.468. The molecule has 0 rings (SSSR count). The van der Waals surface area contributed by atoms with Crippen molar-refractivity contribution in [2.75, 3.05) is 12.5 Å². The van der Waals surface area contributed by atoms with Crippen LogP contribution in [-0.2, 0) is 37.6 Å². The second-order valence-corrected chi connectivity index (χ2v) is 4.22. The Morgan fingerprint density at radius 1 is 0.818 bits per heavy atom. The van der Waals surface area contributed by atoms with Crippen LogP contribution < -0.4 is 0 Å². The van der Waals surface area contributed by atoms with Gasteiger partial charge in [0.05, 0.1) is 20.2 Å². The van der Waals surface area contributed by atoms with Crippen LogP contribution in [0, 0.1) is 0 Å². The predicted molar refractivity (Wildman–Crippen MR) is 31.2 cm³/mol. The molecule has 68 valence electrons. The molecule has 0 spiro atoms. The molecule has 0 unspecified atom stereocenters. The van der Waals surface area contributed by atoms with E-state index in [2.05, 4.69) is 0 Å². The van der Waals surface area contributed by atoms with Crippen molar-refractivity contribution in [3.8, 4) is 0 Å². The summed E-state index contributed by atoms with van der Waals surface area (Å²) in [5.41, 5.74) is 0. The first-order valence-electron chi connectivity index (χ1n) is 1.82. The Kier molecular flexibility index (Phi) is 9.41. The molecule has 0 radical (unpaired) electrons. The van der Waals surface area contributed by atoms with E-state index in [1.165, 1.54) is 0 Å². The van der Waals surface area contributed by atoms with Crippen molar-refractivity contribution in [3.05, 3.63) is 0 Å². The molecule has 0 aliphatic rings. The Hall–Kier alpha value is 0.352.